The summed E-state index contributed by atoms with van der Waals surface area (Å²) in [6, 6.07) is 9.48. The highest BCUT2D eigenvalue weighted by atomic mass is 32.1. The van der Waals surface area contributed by atoms with Gasteiger partial charge in [-0.2, -0.15) is 11.3 Å². The van der Waals surface area contributed by atoms with E-state index < -0.39 is 0 Å². The highest BCUT2D eigenvalue weighted by Gasteiger charge is 2.41. The summed E-state index contributed by atoms with van der Waals surface area (Å²) in [5, 5.41) is 8.21. The summed E-state index contributed by atoms with van der Waals surface area (Å²) in [6.45, 7) is 7.68. The quantitative estimate of drug-likeness (QED) is 0.772. The molecule has 2 nitrogen and oxygen atoms in total. The van der Waals surface area contributed by atoms with E-state index in [1.807, 2.05) is 0 Å². The molecule has 1 aromatic carbocycles. The molecule has 0 spiro atoms. The number of ether oxygens (including phenoxy) is 1. The molecule has 3 unspecified atom stereocenters. The molecule has 3 heterocycles. The van der Waals surface area contributed by atoms with E-state index >= 15 is 0 Å². The Labute approximate surface area is 136 Å². The number of nitrogens with one attached hydrogen (secondary N) is 1. The first-order valence-corrected chi connectivity index (χ1v) is 9.03. The van der Waals surface area contributed by atoms with Gasteiger partial charge in [0.2, 0.25) is 0 Å². The lowest BCUT2D eigenvalue weighted by molar-refractivity contribution is 0.0828. The van der Waals surface area contributed by atoms with E-state index in [9.17, 15) is 0 Å². The Morgan fingerprint density at radius 1 is 1.23 bits per heavy atom. The topological polar surface area (TPSA) is 21.3 Å². The summed E-state index contributed by atoms with van der Waals surface area (Å²) in [6.07, 6.45) is 1.38. The van der Waals surface area contributed by atoms with E-state index in [1.54, 1.807) is 11.3 Å². The smallest absolute Gasteiger partial charge is 0.0896 e. The van der Waals surface area contributed by atoms with Crippen molar-refractivity contribution in [2.45, 2.75) is 44.8 Å². The number of hydrogen-bond donors (Lipinski definition) is 1. The zero-order valence-electron chi connectivity index (χ0n) is 13.4. The van der Waals surface area contributed by atoms with E-state index in [4.69, 9.17) is 4.74 Å². The van der Waals surface area contributed by atoms with Crippen LogP contribution in [0.3, 0.4) is 0 Å². The van der Waals surface area contributed by atoms with Crippen LogP contribution in [0.1, 0.15) is 56.0 Å². The lowest BCUT2D eigenvalue weighted by Gasteiger charge is -2.37. The van der Waals surface area contributed by atoms with E-state index in [0.717, 1.165) is 13.0 Å². The Bertz CT molecular complexity index is 671. The normalized spacial score (nSPS) is 27.1. The molecule has 3 heteroatoms. The van der Waals surface area contributed by atoms with Gasteiger partial charge in [-0.1, -0.05) is 32.9 Å². The maximum absolute atomic E-state index is 6.14. The zero-order chi connectivity index (χ0) is 15.3. The second kappa shape index (κ2) is 5.10. The third-order valence-electron chi connectivity index (χ3n) is 5.00. The molecule has 3 atom stereocenters. The molecule has 1 fully saturated rings. The van der Waals surface area contributed by atoms with Crippen molar-refractivity contribution in [1.82, 2.24) is 0 Å². The molecule has 0 aliphatic carbocycles. The first-order valence-electron chi connectivity index (χ1n) is 8.09. The van der Waals surface area contributed by atoms with Gasteiger partial charge in [-0.05, 0) is 45.9 Å². The van der Waals surface area contributed by atoms with Crippen molar-refractivity contribution in [2.24, 2.45) is 5.92 Å². The van der Waals surface area contributed by atoms with Gasteiger partial charge in [-0.15, -0.1) is 0 Å². The Kier molecular flexibility index (Phi) is 3.31. The predicted molar refractivity (Wildman–Crippen MR) is 92.6 cm³/mol. The zero-order valence-corrected chi connectivity index (χ0v) is 14.2. The fraction of sp³-hybridized carbons (Fsp3) is 0.474. The van der Waals surface area contributed by atoms with Crippen LogP contribution in [-0.2, 0) is 10.2 Å². The highest BCUT2D eigenvalue weighted by Crippen LogP contribution is 2.50. The van der Waals surface area contributed by atoms with Gasteiger partial charge >= 0.3 is 0 Å². The molecule has 4 rings (SSSR count). The van der Waals surface area contributed by atoms with Crippen LogP contribution in [0.15, 0.2) is 35.0 Å². The van der Waals surface area contributed by atoms with Crippen molar-refractivity contribution in [3.63, 3.8) is 0 Å². The molecule has 116 valence electrons. The molecule has 2 aliphatic heterocycles. The van der Waals surface area contributed by atoms with Crippen LogP contribution in [0, 0.1) is 5.92 Å². The van der Waals surface area contributed by atoms with Crippen LogP contribution in [0.25, 0.3) is 0 Å². The number of thiophene rings is 1. The van der Waals surface area contributed by atoms with Gasteiger partial charge in [0.1, 0.15) is 0 Å². The van der Waals surface area contributed by atoms with E-state index in [1.165, 1.54) is 22.4 Å². The third-order valence-corrected chi connectivity index (χ3v) is 5.70. The predicted octanol–water partition coefficient (Wildman–Crippen LogP) is 5.29. The minimum Gasteiger partial charge on any atom is -0.378 e. The second-order valence-corrected chi connectivity index (χ2v) is 8.25. The van der Waals surface area contributed by atoms with Crippen LogP contribution in [0.5, 0.6) is 0 Å². The van der Waals surface area contributed by atoms with Crippen molar-refractivity contribution in [3.05, 3.63) is 51.7 Å². The number of benzene rings is 1. The Hall–Kier alpha value is -1.32. The average Bonchev–Trinajstić information content (AvgIpc) is 3.16. The standard InChI is InChI=1S/C19H23NOS/c1-19(2,3)13-4-5-16-15(10-13)18-14(6-8-21-18)17(20-16)12-7-9-22-11-12/h4-5,7,9-11,14,17-18,20H,6,8H2,1-3H3. The summed E-state index contributed by atoms with van der Waals surface area (Å²) in [4.78, 5) is 0. The number of anilines is 1. The molecule has 1 aromatic heterocycles. The number of hydrogen-bond acceptors (Lipinski definition) is 3. The fourth-order valence-corrected chi connectivity index (χ4v) is 4.42. The molecule has 22 heavy (non-hydrogen) atoms. The maximum Gasteiger partial charge on any atom is 0.0896 e. The molecule has 1 N–H and O–H groups in total. The molecule has 0 radical (unpaired) electrons. The van der Waals surface area contributed by atoms with Crippen molar-refractivity contribution < 1.29 is 4.74 Å². The lowest BCUT2D eigenvalue weighted by atomic mass is 9.79. The Balaban J connectivity index is 1.77. The van der Waals surface area contributed by atoms with E-state index in [2.05, 4.69) is 61.1 Å². The maximum atomic E-state index is 6.14. The first-order chi connectivity index (χ1) is 10.5. The molecule has 2 aromatic rings. The van der Waals surface area contributed by atoms with Crippen molar-refractivity contribution in [2.75, 3.05) is 11.9 Å². The van der Waals surface area contributed by atoms with Crippen molar-refractivity contribution in [3.8, 4) is 0 Å². The molecule has 0 bridgehead atoms. The largest absolute Gasteiger partial charge is 0.378 e. The molecular formula is C19H23NOS. The van der Waals surface area contributed by atoms with Gasteiger partial charge in [-0.25, -0.2) is 0 Å². The molecule has 1 saturated heterocycles. The van der Waals surface area contributed by atoms with Gasteiger partial charge in [0.05, 0.1) is 12.1 Å². The van der Waals surface area contributed by atoms with Crippen LogP contribution >= 0.6 is 11.3 Å². The molecular weight excluding hydrogens is 290 g/mol. The minimum atomic E-state index is 0.174. The van der Waals surface area contributed by atoms with Crippen molar-refractivity contribution in [1.29, 1.82) is 0 Å². The van der Waals surface area contributed by atoms with Crippen LogP contribution in [-0.4, -0.2) is 6.61 Å². The van der Waals surface area contributed by atoms with Crippen LogP contribution in [0.2, 0.25) is 0 Å². The van der Waals surface area contributed by atoms with E-state index in [-0.39, 0.29) is 11.5 Å². The summed E-state index contributed by atoms with van der Waals surface area (Å²) < 4.78 is 6.14. The lowest BCUT2D eigenvalue weighted by Crippen LogP contribution is -2.29. The monoisotopic (exact) mass is 313 g/mol. The Morgan fingerprint density at radius 3 is 2.82 bits per heavy atom. The van der Waals surface area contributed by atoms with Crippen LogP contribution in [0.4, 0.5) is 5.69 Å². The minimum absolute atomic E-state index is 0.174. The van der Waals surface area contributed by atoms with Gasteiger partial charge < -0.3 is 10.1 Å². The van der Waals surface area contributed by atoms with Gasteiger partial charge in [0, 0.05) is 23.8 Å². The summed E-state index contributed by atoms with van der Waals surface area (Å²) in [7, 11) is 0. The summed E-state index contributed by atoms with van der Waals surface area (Å²) in [5.41, 5.74) is 5.55. The average molecular weight is 313 g/mol. The SMILES string of the molecule is CC(C)(C)c1ccc2c(c1)C1OCCC1C(c1ccsc1)N2. The second-order valence-electron chi connectivity index (χ2n) is 7.47. The van der Waals surface area contributed by atoms with Gasteiger partial charge in [0.15, 0.2) is 0 Å². The Morgan fingerprint density at radius 2 is 2.09 bits per heavy atom. The fourth-order valence-electron chi connectivity index (χ4n) is 3.72. The molecule has 2 aliphatic rings. The number of rotatable bonds is 1. The number of fused-ring (bicyclic) bond motifs is 3. The first kappa shape index (κ1) is 14.3. The van der Waals surface area contributed by atoms with Gasteiger partial charge in [0.25, 0.3) is 0 Å². The molecule has 0 amide bonds. The molecule has 0 saturated carbocycles. The van der Waals surface area contributed by atoms with Crippen molar-refractivity contribution >= 4 is 17.0 Å². The third kappa shape index (κ3) is 2.27. The summed E-state index contributed by atoms with van der Waals surface area (Å²) in [5.74, 6) is 0.539. The van der Waals surface area contributed by atoms with E-state index in [0.29, 0.717) is 12.0 Å². The van der Waals surface area contributed by atoms with Crippen LogP contribution < -0.4 is 5.32 Å². The van der Waals surface area contributed by atoms with Gasteiger partial charge in [-0.3, -0.25) is 0 Å². The summed E-state index contributed by atoms with van der Waals surface area (Å²) >= 11 is 1.77. The highest BCUT2D eigenvalue weighted by molar-refractivity contribution is 7.08.